The van der Waals surface area contributed by atoms with E-state index >= 15 is 0 Å². The van der Waals surface area contributed by atoms with Crippen LogP contribution in [0.1, 0.15) is 38.9 Å². The van der Waals surface area contributed by atoms with E-state index in [0.29, 0.717) is 5.69 Å². The first-order chi connectivity index (χ1) is 12.8. The van der Waals surface area contributed by atoms with Crippen molar-refractivity contribution in [1.82, 2.24) is 25.2 Å². The number of aliphatic hydroxyl groups is 1. The van der Waals surface area contributed by atoms with Gasteiger partial charge < -0.3 is 15.3 Å². The lowest BCUT2D eigenvalue weighted by molar-refractivity contribution is -0.144. The minimum Gasteiger partial charge on any atom is -0.391 e. The molecular formula is C17H29N5O5S. The molecular weight excluding hydrogens is 386 g/mol. The van der Waals surface area contributed by atoms with Gasteiger partial charge in [-0.05, 0) is 5.41 Å². The molecule has 0 aliphatic carbocycles. The fraction of sp³-hybridized carbons (Fsp3) is 0.765. The van der Waals surface area contributed by atoms with Gasteiger partial charge in [-0.15, -0.1) is 5.10 Å². The van der Waals surface area contributed by atoms with Crippen LogP contribution >= 0.6 is 0 Å². The molecule has 10 nitrogen and oxygen atoms in total. The van der Waals surface area contributed by atoms with Gasteiger partial charge >= 0.3 is 0 Å². The number of β-amino-alcohol motifs (C(OH)–C–C–N with tert-alkyl or cyclic N) is 1. The van der Waals surface area contributed by atoms with Crippen LogP contribution in [0, 0.1) is 5.41 Å². The Labute approximate surface area is 165 Å². The average Bonchev–Trinajstić information content (AvgIpc) is 3.17. The number of aromatic nitrogens is 3. The SMILES string of the molecule is CNC(=O)[C@@H]1C[C@@H](O)CN1C(=O)[C@@H](n1cc(CCS(C)(=O)=O)nn1)C(C)(C)C. The van der Waals surface area contributed by atoms with Gasteiger partial charge in [0.25, 0.3) is 0 Å². The molecule has 2 N–H and O–H groups in total. The van der Waals surface area contributed by atoms with Crippen LogP contribution in [0.3, 0.4) is 0 Å². The van der Waals surface area contributed by atoms with E-state index in [0.717, 1.165) is 6.26 Å². The van der Waals surface area contributed by atoms with Gasteiger partial charge in [-0.3, -0.25) is 9.59 Å². The molecule has 2 amide bonds. The molecule has 0 saturated carbocycles. The van der Waals surface area contributed by atoms with E-state index in [9.17, 15) is 23.1 Å². The van der Waals surface area contributed by atoms with Gasteiger partial charge in [0.05, 0.1) is 17.6 Å². The molecule has 1 aromatic rings. The van der Waals surface area contributed by atoms with Crippen LogP contribution in [0.15, 0.2) is 6.20 Å². The first-order valence-electron chi connectivity index (χ1n) is 9.12. The summed E-state index contributed by atoms with van der Waals surface area (Å²) < 4.78 is 24.2. The summed E-state index contributed by atoms with van der Waals surface area (Å²) in [7, 11) is -1.65. The van der Waals surface area contributed by atoms with E-state index in [1.807, 2.05) is 20.8 Å². The maximum atomic E-state index is 13.3. The number of rotatable bonds is 6. The monoisotopic (exact) mass is 415 g/mol. The molecule has 1 saturated heterocycles. The maximum Gasteiger partial charge on any atom is 0.248 e. The normalized spacial score (nSPS) is 21.6. The van der Waals surface area contributed by atoms with Crippen molar-refractivity contribution in [3.05, 3.63) is 11.9 Å². The largest absolute Gasteiger partial charge is 0.391 e. The molecule has 1 fully saturated rings. The minimum atomic E-state index is -3.14. The summed E-state index contributed by atoms with van der Waals surface area (Å²) in [4.78, 5) is 26.9. The van der Waals surface area contributed by atoms with E-state index in [2.05, 4.69) is 15.6 Å². The first kappa shape index (κ1) is 22.3. The predicted octanol–water partition coefficient (Wildman–Crippen LogP) is -0.840. The molecule has 28 heavy (non-hydrogen) atoms. The van der Waals surface area contributed by atoms with Gasteiger partial charge in [0, 0.05) is 38.9 Å². The van der Waals surface area contributed by atoms with E-state index in [-0.39, 0.29) is 37.0 Å². The fourth-order valence-electron chi connectivity index (χ4n) is 3.35. The lowest BCUT2D eigenvalue weighted by atomic mass is 9.85. The second kappa shape index (κ2) is 8.16. The quantitative estimate of drug-likeness (QED) is 0.618. The van der Waals surface area contributed by atoms with Gasteiger partial charge in [-0.25, -0.2) is 13.1 Å². The smallest absolute Gasteiger partial charge is 0.248 e. The summed E-state index contributed by atoms with van der Waals surface area (Å²) in [6.45, 7) is 5.68. The molecule has 0 unspecified atom stereocenters. The Kier molecular flexibility index (Phi) is 6.49. The van der Waals surface area contributed by atoms with E-state index in [1.165, 1.54) is 16.6 Å². The second-order valence-corrected chi connectivity index (χ2v) is 10.6. The number of nitrogens with zero attached hydrogens (tertiary/aromatic N) is 4. The highest BCUT2D eigenvalue weighted by Crippen LogP contribution is 2.34. The van der Waals surface area contributed by atoms with Crippen molar-refractivity contribution in [2.24, 2.45) is 5.41 Å². The number of carbonyl (C=O) groups is 2. The van der Waals surface area contributed by atoms with Crippen LogP contribution in [0.2, 0.25) is 0 Å². The van der Waals surface area contributed by atoms with Crippen molar-refractivity contribution in [1.29, 1.82) is 0 Å². The van der Waals surface area contributed by atoms with Crippen LogP contribution < -0.4 is 5.32 Å². The standard InChI is InChI=1S/C17H29N5O5S/c1-17(2,3)14(22-9-11(19-20-22)6-7-28(5,26)27)16(25)21-10-12(23)8-13(21)15(24)18-4/h9,12-14,23H,6-8,10H2,1-5H3,(H,18,24)/t12-,13+,14-/m1/s1. The number of sulfone groups is 1. The van der Waals surface area contributed by atoms with Crippen molar-refractivity contribution in [3.63, 3.8) is 0 Å². The Morgan fingerprint density at radius 2 is 2.04 bits per heavy atom. The molecule has 0 spiro atoms. The summed E-state index contributed by atoms with van der Waals surface area (Å²) in [5.74, 6) is -0.723. The maximum absolute atomic E-state index is 13.3. The fourth-order valence-corrected chi connectivity index (χ4v) is 3.93. The van der Waals surface area contributed by atoms with E-state index < -0.39 is 33.4 Å². The highest BCUT2D eigenvalue weighted by atomic mass is 32.2. The third-order valence-corrected chi connectivity index (χ3v) is 5.66. The summed E-state index contributed by atoms with van der Waals surface area (Å²) in [5.41, 5.74) is -0.0866. The first-order valence-corrected chi connectivity index (χ1v) is 11.2. The van der Waals surface area contributed by atoms with Gasteiger partial charge in [0.15, 0.2) is 0 Å². The van der Waals surface area contributed by atoms with E-state index in [1.54, 1.807) is 6.20 Å². The molecule has 2 heterocycles. The van der Waals surface area contributed by atoms with Crippen molar-refractivity contribution in [2.75, 3.05) is 25.6 Å². The van der Waals surface area contributed by atoms with Crippen LogP contribution in [-0.2, 0) is 25.8 Å². The van der Waals surface area contributed by atoms with Crippen LogP contribution in [0.5, 0.6) is 0 Å². The molecule has 3 atom stereocenters. The highest BCUT2D eigenvalue weighted by molar-refractivity contribution is 7.90. The zero-order valence-electron chi connectivity index (χ0n) is 16.9. The predicted molar refractivity (Wildman–Crippen MR) is 102 cm³/mol. The van der Waals surface area contributed by atoms with Gasteiger partial charge in [-0.2, -0.15) is 0 Å². The number of aryl methyl sites for hydroxylation is 1. The summed E-state index contributed by atoms with van der Waals surface area (Å²) in [5, 5.41) is 20.6. The van der Waals surface area contributed by atoms with Crippen LogP contribution in [0.4, 0.5) is 0 Å². The second-order valence-electron chi connectivity index (χ2n) is 8.35. The number of amides is 2. The lowest BCUT2D eigenvalue weighted by Crippen LogP contribution is -2.49. The Morgan fingerprint density at radius 3 is 2.57 bits per heavy atom. The summed E-state index contributed by atoms with van der Waals surface area (Å²) >= 11 is 0. The Hall–Kier alpha value is -2.01. The van der Waals surface area contributed by atoms with Crippen molar-refractivity contribution < 1.29 is 23.1 Å². The molecule has 1 aromatic heterocycles. The summed E-state index contributed by atoms with van der Waals surface area (Å²) in [6, 6.07) is -1.50. The van der Waals surface area contributed by atoms with Crippen molar-refractivity contribution >= 4 is 21.7 Å². The molecule has 2 rings (SSSR count). The van der Waals surface area contributed by atoms with Gasteiger partial charge in [-0.1, -0.05) is 26.0 Å². The Balaban J connectivity index is 2.30. The third kappa shape index (κ3) is 5.28. The van der Waals surface area contributed by atoms with E-state index in [4.69, 9.17) is 0 Å². The summed E-state index contributed by atoms with van der Waals surface area (Å²) in [6.07, 6.45) is 2.33. The number of nitrogens with one attached hydrogen (secondary N) is 1. The number of likely N-dealkylation sites (tertiary alicyclic amines) is 1. The van der Waals surface area contributed by atoms with Crippen LogP contribution in [-0.4, -0.2) is 83.0 Å². The Morgan fingerprint density at radius 1 is 1.39 bits per heavy atom. The molecule has 1 aliphatic heterocycles. The van der Waals surface area contributed by atoms with Crippen molar-refractivity contribution in [3.8, 4) is 0 Å². The van der Waals surface area contributed by atoms with Gasteiger partial charge in [0.2, 0.25) is 11.8 Å². The molecule has 0 aromatic carbocycles. The molecule has 0 radical (unpaired) electrons. The zero-order valence-corrected chi connectivity index (χ0v) is 17.7. The molecule has 11 heteroatoms. The van der Waals surface area contributed by atoms with Crippen LogP contribution in [0.25, 0.3) is 0 Å². The lowest BCUT2D eigenvalue weighted by Gasteiger charge is -2.34. The highest BCUT2D eigenvalue weighted by Gasteiger charge is 2.44. The third-order valence-electron chi connectivity index (χ3n) is 4.72. The van der Waals surface area contributed by atoms with Crippen molar-refractivity contribution in [2.45, 2.75) is 51.8 Å². The number of likely N-dealkylation sites (N-methyl/N-ethyl adjacent to an activating group) is 1. The minimum absolute atomic E-state index is 0.0586. The Bertz CT molecular complexity index is 829. The molecule has 0 bridgehead atoms. The average molecular weight is 416 g/mol. The molecule has 158 valence electrons. The molecule has 1 aliphatic rings. The number of hydrogen-bond acceptors (Lipinski definition) is 7. The number of hydrogen-bond donors (Lipinski definition) is 2. The van der Waals surface area contributed by atoms with Gasteiger partial charge in [0.1, 0.15) is 21.9 Å². The zero-order chi connectivity index (χ0) is 21.3. The number of aliphatic hydroxyl groups excluding tert-OH is 1. The topological polar surface area (TPSA) is 134 Å². The number of carbonyl (C=O) groups excluding carboxylic acids is 2.